The number of hydrogen-bond donors (Lipinski definition) is 2. The molecule has 34 heavy (non-hydrogen) atoms. The van der Waals surface area contributed by atoms with E-state index >= 15 is 0 Å². The third-order valence-corrected chi connectivity index (χ3v) is 6.77. The van der Waals surface area contributed by atoms with Crippen LogP contribution in [0.1, 0.15) is 41.2 Å². The number of imidazole rings is 1. The van der Waals surface area contributed by atoms with Gasteiger partial charge in [0.1, 0.15) is 0 Å². The molecular formula is C25H27N5O3S. The molecule has 0 saturated carbocycles. The number of hydrogen-bond acceptors (Lipinski definition) is 5. The summed E-state index contributed by atoms with van der Waals surface area (Å²) in [5.74, 6) is -0.309. The summed E-state index contributed by atoms with van der Waals surface area (Å²) in [6.07, 6.45) is 5.26. The molecule has 1 aliphatic rings. The maximum absolute atomic E-state index is 13.1. The SMILES string of the molecule is C=CC(=O)Nc1cc(C(=O)Nc2nc3cccc(C)c3n2[C@H]2CCCCN(C(=O)C=C)C2)cs1. The van der Waals surface area contributed by atoms with Crippen molar-refractivity contribution in [2.45, 2.75) is 32.2 Å². The number of carbonyl (C=O) groups is 3. The summed E-state index contributed by atoms with van der Waals surface area (Å²) in [5.41, 5.74) is 3.19. The van der Waals surface area contributed by atoms with E-state index in [1.165, 1.54) is 23.5 Å². The van der Waals surface area contributed by atoms with Crippen LogP contribution in [0.4, 0.5) is 10.9 Å². The average molecular weight is 478 g/mol. The van der Waals surface area contributed by atoms with E-state index in [-0.39, 0.29) is 23.8 Å². The highest BCUT2D eigenvalue weighted by atomic mass is 32.1. The number of likely N-dealkylation sites (tertiary alicyclic amines) is 1. The Balaban J connectivity index is 1.69. The molecule has 1 saturated heterocycles. The van der Waals surface area contributed by atoms with E-state index in [2.05, 4.69) is 28.4 Å². The molecule has 1 aromatic carbocycles. The summed E-state index contributed by atoms with van der Waals surface area (Å²) in [5, 5.41) is 7.87. The fraction of sp³-hybridized carbons (Fsp3) is 0.280. The van der Waals surface area contributed by atoms with Crippen LogP contribution in [0.15, 0.2) is 55.0 Å². The van der Waals surface area contributed by atoms with Gasteiger partial charge in [0.15, 0.2) is 0 Å². The van der Waals surface area contributed by atoms with Crippen LogP contribution in [0.25, 0.3) is 11.0 Å². The van der Waals surface area contributed by atoms with Crippen molar-refractivity contribution >= 4 is 51.0 Å². The molecule has 3 amide bonds. The number of benzene rings is 1. The summed E-state index contributed by atoms with van der Waals surface area (Å²) in [4.78, 5) is 43.6. The first-order valence-corrected chi connectivity index (χ1v) is 12.0. The van der Waals surface area contributed by atoms with Crippen molar-refractivity contribution in [2.75, 3.05) is 23.7 Å². The van der Waals surface area contributed by atoms with Gasteiger partial charge in [0, 0.05) is 18.5 Å². The van der Waals surface area contributed by atoms with E-state index in [1.54, 1.807) is 11.4 Å². The fourth-order valence-corrected chi connectivity index (χ4v) is 5.07. The second-order valence-electron chi connectivity index (χ2n) is 8.23. The molecule has 3 heterocycles. The van der Waals surface area contributed by atoms with Crippen molar-refractivity contribution < 1.29 is 14.4 Å². The molecule has 2 N–H and O–H groups in total. The van der Waals surface area contributed by atoms with Crippen LogP contribution in [-0.4, -0.2) is 45.3 Å². The topological polar surface area (TPSA) is 96.3 Å². The molecule has 3 aromatic rings. The zero-order chi connectivity index (χ0) is 24.2. The van der Waals surface area contributed by atoms with Gasteiger partial charge in [-0.15, -0.1) is 11.3 Å². The fourth-order valence-electron chi connectivity index (χ4n) is 4.29. The molecule has 0 aliphatic carbocycles. The van der Waals surface area contributed by atoms with Crippen LogP contribution < -0.4 is 10.6 Å². The van der Waals surface area contributed by atoms with Crippen molar-refractivity contribution in [2.24, 2.45) is 0 Å². The molecule has 0 radical (unpaired) electrons. The smallest absolute Gasteiger partial charge is 0.258 e. The van der Waals surface area contributed by atoms with Crippen LogP contribution in [0.5, 0.6) is 0 Å². The average Bonchev–Trinajstić information content (AvgIpc) is 3.36. The number of nitrogens with zero attached hydrogens (tertiary/aromatic N) is 3. The number of rotatable bonds is 6. The number of thiophene rings is 1. The van der Waals surface area contributed by atoms with Crippen LogP contribution in [0.2, 0.25) is 0 Å². The number of nitrogens with one attached hydrogen (secondary N) is 2. The molecule has 2 aromatic heterocycles. The zero-order valence-corrected chi connectivity index (χ0v) is 19.9. The minimum Gasteiger partial charge on any atom is -0.337 e. The summed E-state index contributed by atoms with van der Waals surface area (Å²) in [6.45, 7) is 10.3. The highest BCUT2D eigenvalue weighted by Gasteiger charge is 2.27. The summed E-state index contributed by atoms with van der Waals surface area (Å²) in [7, 11) is 0. The summed E-state index contributed by atoms with van der Waals surface area (Å²) in [6, 6.07) is 7.45. The number of aryl methyl sites for hydroxylation is 1. The Hall–Kier alpha value is -3.72. The molecule has 1 atom stereocenters. The molecule has 9 heteroatoms. The Morgan fingerprint density at radius 3 is 2.76 bits per heavy atom. The predicted octanol–water partition coefficient (Wildman–Crippen LogP) is 4.52. The van der Waals surface area contributed by atoms with Crippen molar-refractivity contribution in [1.29, 1.82) is 0 Å². The molecule has 176 valence electrons. The van der Waals surface area contributed by atoms with E-state index < -0.39 is 0 Å². The van der Waals surface area contributed by atoms with Gasteiger partial charge in [0.25, 0.3) is 5.91 Å². The van der Waals surface area contributed by atoms with E-state index in [0.29, 0.717) is 29.6 Å². The predicted molar refractivity (Wildman–Crippen MR) is 135 cm³/mol. The lowest BCUT2D eigenvalue weighted by atomic mass is 10.1. The van der Waals surface area contributed by atoms with Crippen LogP contribution in [-0.2, 0) is 9.59 Å². The lowest BCUT2D eigenvalue weighted by Gasteiger charge is -2.26. The standard InChI is InChI=1S/C25H27N5O3S/c1-4-20(31)27-21-13-17(15-34-21)24(33)28-25-26-19-11-8-9-16(3)23(19)30(25)18-10-6-7-12-29(14-18)22(32)5-2/h4-5,8-9,11,13,15,18H,1-2,6-7,10,12,14H2,3H3,(H,27,31)(H,26,28,33)/t18-/m0/s1. The molecule has 4 rings (SSSR count). The first-order chi connectivity index (χ1) is 16.4. The van der Waals surface area contributed by atoms with Crippen molar-refractivity contribution in [3.05, 3.63) is 66.1 Å². The molecule has 0 spiro atoms. The monoisotopic (exact) mass is 477 g/mol. The quantitative estimate of drug-likeness (QED) is 0.510. The number of anilines is 2. The van der Waals surface area contributed by atoms with Gasteiger partial charge in [-0.2, -0.15) is 0 Å². The van der Waals surface area contributed by atoms with Gasteiger partial charge >= 0.3 is 0 Å². The molecule has 1 aliphatic heterocycles. The number of para-hydroxylation sites is 1. The third kappa shape index (κ3) is 4.79. The van der Waals surface area contributed by atoms with E-state index in [0.717, 1.165) is 35.9 Å². The van der Waals surface area contributed by atoms with Gasteiger partial charge in [-0.25, -0.2) is 4.98 Å². The number of carbonyl (C=O) groups excluding carboxylic acids is 3. The van der Waals surface area contributed by atoms with Gasteiger partial charge < -0.3 is 14.8 Å². The van der Waals surface area contributed by atoms with Crippen LogP contribution >= 0.6 is 11.3 Å². The Kier molecular flexibility index (Phi) is 6.93. The van der Waals surface area contributed by atoms with Gasteiger partial charge in [0.05, 0.1) is 27.6 Å². The van der Waals surface area contributed by atoms with Gasteiger partial charge in [-0.3, -0.25) is 19.7 Å². The van der Waals surface area contributed by atoms with Crippen LogP contribution in [0.3, 0.4) is 0 Å². The van der Waals surface area contributed by atoms with Crippen molar-refractivity contribution in [3.63, 3.8) is 0 Å². The van der Waals surface area contributed by atoms with Gasteiger partial charge in [-0.05, 0) is 56.0 Å². The minimum atomic E-state index is -0.335. The van der Waals surface area contributed by atoms with Crippen molar-refractivity contribution in [1.82, 2.24) is 14.5 Å². The maximum atomic E-state index is 13.1. The van der Waals surface area contributed by atoms with Gasteiger partial charge in [0.2, 0.25) is 17.8 Å². The Bertz CT molecular complexity index is 1270. The lowest BCUT2D eigenvalue weighted by Crippen LogP contribution is -2.34. The molecule has 0 unspecified atom stereocenters. The largest absolute Gasteiger partial charge is 0.337 e. The third-order valence-electron chi connectivity index (χ3n) is 5.93. The normalized spacial score (nSPS) is 16.0. The Morgan fingerprint density at radius 2 is 2.00 bits per heavy atom. The molecule has 1 fully saturated rings. The van der Waals surface area contributed by atoms with E-state index in [1.807, 2.05) is 30.0 Å². The lowest BCUT2D eigenvalue weighted by molar-refractivity contribution is -0.126. The molecule has 8 nitrogen and oxygen atoms in total. The minimum absolute atomic E-state index is 0.0438. The second kappa shape index (κ2) is 10.0. The number of amides is 3. The first kappa shape index (κ1) is 23.4. The van der Waals surface area contributed by atoms with Crippen LogP contribution in [0, 0.1) is 6.92 Å². The summed E-state index contributed by atoms with van der Waals surface area (Å²) >= 11 is 1.26. The number of aromatic nitrogens is 2. The maximum Gasteiger partial charge on any atom is 0.258 e. The highest BCUT2D eigenvalue weighted by molar-refractivity contribution is 7.14. The first-order valence-electron chi connectivity index (χ1n) is 11.1. The zero-order valence-electron chi connectivity index (χ0n) is 19.0. The molecular weight excluding hydrogens is 450 g/mol. The molecule has 0 bridgehead atoms. The van der Waals surface area contributed by atoms with E-state index in [9.17, 15) is 14.4 Å². The Labute approximate surface area is 202 Å². The van der Waals surface area contributed by atoms with E-state index in [4.69, 9.17) is 4.98 Å². The summed E-state index contributed by atoms with van der Waals surface area (Å²) < 4.78 is 2.06. The Morgan fingerprint density at radius 1 is 1.18 bits per heavy atom. The number of fused-ring (bicyclic) bond motifs is 1. The highest BCUT2D eigenvalue weighted by Crippen LogP contribution is 2.32. The van der Waals surface area contributed by atoms with Crippen molar-refractivity contribution in [3.8, 4) is 0 Å². The second-order valence-corrected chi connectivity index (χ2v) is 9.14. The van der Waals surface area contributed by atoms with Gasteiger partial charge in [-0.1, -0.05) is 25.3 Å².